The van der Waals surface area contributed by atoms with Gasteiger partial charge in [0.1, 0.15) is 23.4 Å². The van der Waals surface area contributed by atoms with Gasteiger partial charge in [0, 0.05) is 19.1 Å². The Morgan fingerprint density at radius 3 is 1.97 bits per heavy atom. The average molecular weight is 396 g/mol. The first-order valence-corrected chi connectivity index (χ1v) is 8.74. The Kier molecular flexibility index (Phi) is 4.57. The van der Waals surface area contributed by atoms with Crippen molar-refractivity contribution in [3.63, 3.8) is 0 Å². The molecule has 0 amide bonds. The van der Waals surface area contributed by atoms with Crippen LogP contribution in [0.3, 0.4) is 0 Å². The SMILES string of the molecule is COc1cc(OC)c(C2OC3(C)OC(=N)C(C#N)(C3C)C2(C#N)C#N)c(OC)c1. The number of fused-ring (bicyclic) bond motifs is 2. The summed E-state index contributed by atoms with van der Waals surface area (Å²) in [5, 5.41) is 38.8. The topological polar surface area (TPSA) is 141 Å². The first-order valence-electron chi connectivity index (χ1n) is 8.74. The lowest BCUT2D eigenvalue weighted by atomic mass is 9.54. The first-order chi connectivity index (χ1) is 13.7. The van der Waals surface area contributed by atoms with E-state index in [-0.39, 0.29) is 17.1 Å². The van der Waals surface area contributed by atoms with Crippen molar-refractivity contribution < 1.29 is 23.7 Å². The van der Waals surface area contributed by atoms with Crippen LogP contribution >= 0.6 is 0 Å². The van der Waals surface area contributed by atoms with E-state index in [1.165, 1.54) is 21.3 Å². The van der Waals surface area contributed by atoms with Gasteiger partial charge < -0.3 is 23.7 Å². The summed E-state index contributed by atoms with van der Waals surface area (Å²) in [5.74, 6) is -1.69. The van der Waals surface area contributed by atoms with Gasteiger partial charge in [0.15, 0.2) is 5.41 Å². The molecule has 29 heavy (non-hydrogen) atoms. The Balaban J connectivity index is 2.40. The Labute approximate surface area is 168 Å². The number of nitriles is 3. The minimum absolute atomic E-state index is 0.248. The highest BCUT2D eigenvalue weighted by atomic mass is 16.7. The van der Waals surface area contributed by atoms with Crippen LogP contribution in [-0.2, 0) is 9.47 Å². The van der Waals surface area contributed by atoms with Crippen molar-refractivity contribution in [2.75, 3.05) is 21.3 Å². The monoisotopic (exact) mass is 396 g/mol. The van der Waals surface area contributed by atoms with Gasteiger partial charge in [-0.05, 0) is 0 Å². The second-order valence-electron chi connectivity index (χ2n) is 7.06. The highest BCUT2D eigenvalue weighted by molar-refractivity contribution is 5.89. The standard InChI is InChI=1S/C20H20N4O5/c1-11-18(2)28-16(15-13(26-4)6-12(25-3)7-14(15)27-5)19(8-21,9-22)20(11,10-23)17(24)29-18/h6-7,11,16,24H,1-5H3. The maximum Gasteiger partial charge on any atom is 0.214 e. The van der Waals surface area contributed by atoms with E-state index >= 15 is 0 Å². The number of benzene rings is 1. The van der Waals surface area contributed by atoms with Gasteiger partial charge in [0.2, 0.25) is 17.1 Å². The zero-order valence-corrected chi connectivity index (χ0v) is 16.7. The van der Waals surface area contributed by atoms with Crippen LogP contribution in [0.1, 0.15) is 25.5 Å². The summed E-state index contributed by atoms with van der Waals surface area (Å²) in [4.78, 5) is 0. The van der Waals surface area contributed by atoms with Gasteiger partial charge in [0.05, 0.1) is 51.0 Å². The van der Waals surface area contributed by atoms with Crippen molar-refractivity contribution in [3.8, 4) is 35.5 Å². The molecule has 0 saturated carbocycles. The normalized spacial score (nSPS) is 31.6. The maximum atomic E-state index is 10.2. The van der Waals surface area contributed by atoms with Crippen molar-refractivity contribution in [1.29, 1.82) is 21.2 Å². The molecule has 4 atom stereocenters. The number of nitrogens with zero attached hydrogens (tertiary/aromatic N) is 3. The molecule has 3 rings (SSSR count). The summed E-state index contributed by atoms with van der Waals surface area (Å²) in [6.45, 7) is 3.21. The van der Waals surface area contributed by atoms with E-state index in [0.717, 1.165) is 0 Å². The second-order valence-corrected chi connectivity index (χ2v) is 7.06. The third-order valence-corrected chi connectivity index (χ3v) is 6.01. The van der Waals surface area contributed by atoms with Crippen molar-refractivity contribution >= 4 is 5.90 Å². The van der Waals surface area contributed by atoms with Crippen LogP contribution in [0.5, 0.6) is 17.2 Å². The van der Waals surface area contributed by atoms with Crippen LogP contribution in [0.25, 0.3) is 0 Å². The molecule has 0 spiro atoms. The number of hydrogen-bond acceptors (Lipinski definition) is 9. The van der Waals surface area contributed by atoms with E-state index in [0.29, 0.717) is 5.75 Å². The van der Waals surface area contributed by atoms with Gasteiger partial charge in [-0.3, -0.25) is 5.41 Å². The lowest BCUT2D eigenvalue weighted by molar-refractivity contribution is -0.269. The van der Waals surface area contributed by atoms with Gasteiger partial charge in [-0.1, -0.05) is 6.92 Å². The Hall–Kier alpha value is -3.48. The predicted octanol–water partition coefficient (Wildman–Crippen LogP) is 2.69. The second kappa shape index (κ2) is 6.55. The van der Waals surface area contributed by atoms with Crippen molar-refractivity contribution in [1.82, 2.24) is 0 Å². The van der Waals surface area contributed by atoms with Crippen LogP contribution in [0.15, 0.2) is 12.1 Å². The van der Waals surface area contributed by atoms with E-state index in [1.807, 2.05) is 18.2 Å². The summed E-state index contributed by atoms with van der Waals surface area (Å²) in [5.41, 5.74) is -3.68. The Morgan fingerprint density at radius 2 is 1.55 bits per heavy atom. The Bertz CT molecular complexity index is 965. The van der Waals surface area contributed by atoms with Gasteiger partial charge in [-0.2, -0.15) is 15.8 Å². The van der Waals surface area contributed by atoms with Crippen molar-refractivity contribution in [3.05, 3.63) is 17.7 Å². The summed E-state index contributed by atoms with van der Waals surface area (Å²) in [6.07, 6.45) is -1.29. The molecule has 1 aromatic carbocycles. The highest BCUT2D eigenvalue weighted by Gasteiger charge is 2.78. The van der Waals surface area contributed by atoms with E-state index in [9.17, 15) is 15.8 Å². The first kappa shape index (κ1) is 20.3. The van der Waals surface area contributed by atoms with Gasteiger partial charge in [-0.25, -0.2) is 0 Å². The van der Waals surface area contributed by atoms with Crippen LogP contribution in [0.2, 0.25) is 0 Å². The minimum atomic E-state index is -2.09. The third kappa shape index (κ3) is 2.24. The predicted molar refractivity (Wildman–Crippen MR) is 98.0 cm³/mol. The molecule has 150 valence electrons. The van der Waals surface area contributed by atoms with Gasteiger partial charge >= 0.3 is 0 Å². The molecule has 0 radical (unpaired) electrons. The molecular weight excluding hydrogens is 376 g/mol. The molecule has 2 saturated heterocycles. The number of hydrogen-bond donors (Lipinski definition) is 1. The lowest BCUT2D eigenvalue weighted by Gasteiger charge is -2.47. The molecule has 0 aliphatic carbocycles. The lowest BCUT2D eigenvalue weighted by Crippen LogP contribution is -2.57. The minimum Gasteiger partial charge on any atom is -0.496 e. The molecule has 9 heteroatoms. The number of ether oxygens (including phenoxy) is 5. The summed E-state index contributed by atoms with van der Waals surface area (Å²) >= 11 is 0. The fraction of sp³-hybridized carbons (Fsp3) is 0.500. The van der Waals surface area contributed by atoms with Crippen molar-refractivity contribution in [2.24, 2.45) is 16.7 Å². The fourth-order valence-corrected chi connectivity index (χ4v) is 4.26. The molecular formula is C20H20N4O5. The van der Waals surface area contributed by atoms with E-state index < -0.39 is 34.5 Å². The van der Waals surface area contributed by atoms with Crippen LogP contribution in [0, 0.1) is 56.2 Å². The maximum absolute atomic E-state index is 10.2. The zero-order valence-electron chi connectivity index (χ0n) is 16.7. The molecule has 4 unspecified atom stereocenters. The van der Waals surface area contributed by atoms with Gasteiger partial charge in [-0.15, -0.1) is 0 Å². The zero-order chi connectivity index (χ0) is 21.6. The molecule has 1 N–H and O–H groups in total. The largest absolute Gasteiger partial charge is 0.496 e. The van der Waals surface area contributed by atoms with E-state index in [4.69, 9.17) is 29.1 Å². The summed E-state index contributed by atoms with van der Waals surface area (Å²) in [6, 6.07) is 9.12. The quantitative estimate of drug-likeness (QED) is 0.818. The molecule has 9 nitrogen and oxygen atoms in total. The smallest absolute Gasteiger partial charge is 0.214 e. The molecule has 2 aliphatic rings. The Morgan fingerprint density at radius 1 is 1.00 bits per heavy atom. The summed E-state index contributed by atoms with van der Waals surface area (Å²) in [7, 11) is 4.31. The highest BCUT2D eigenvalue weighted by Crippen LogP contribution is 2.67. The molecule has 2 aliphatic heterocycles. The molecule has 2 bridgehead atoms. The molecule has 2 fully saturated rings. The van der Waals surface area contributed by atoms with Gasteiger partial charge in [0.25, 0.3) is 0 Å². The van der Waals surface area contributed by atoms with Crippen LogP contribution in [0.4, 0.5) is 0 Å². The number of rotatable bonds is 4. The molecule has 0 aromatic heterocycles. The average Bonchev–Trinajstić information content (AvgIpc) is 2.87. The third-order valence-electron chi connectivity index (χ3n) is 6.01. The van der Waals surface area contributed by atoms with E-state index in [1.54, 1.807) is 26.0 Å². The molecule has 1 aromatic rings. The fourth-order valence-electron chi connectivity index (χ4n) is 4.26. The summed E-state index contributed by atoms with van der Waals surface area (Å²) < 4.78 is 28.0. The van der Waals surface area contributed by atoms with Crippen LogP contribution < -0.4 is 14.2 Å². The number of nitrogens with one attached hydrogen (secondary N) is 1. The number of methoxy groups -OCH3 is 3. The van der Waals surface area contributed by atoms with E-state index in [2.05, 4.69) is 0 Å². The van der Waals surface area contributed by atoms with Crippen molar-refractivity contribution in [2.45, 2.75) is 25.7 Å². The molecule has 2 heterocycles. The van der Waals surface area contributed by atoms with Crippen LogP contribution in [-0.4, -0.2) is 33.0 Å².